The summed E-state index contributed by atoms with van der Waals surface area (Å²) in [5.74, 6) is 0. The van der Waals surface area contributed by atoms with Crippen molar-refractivity contribution in [2.24, 2.45) is 0 Å². The fourth-order valence-electron chi connectivity index (χ4n) is 2.96. The molecule has 128 valence electrons. The minimum absolute atomic E-state index is 0.0566. The molecule has 3 rings (SSSR count). The van der Waals surface area contributed by atoms with Crippen LogP contribution >= 0.6 is 0 Å². The Bertz CT molecular complexity index is 719. The number of likely N-dealkylation sites (tertiary alicyclic amines) is 1. The second-order valence-electron chi connectivity index (χ2n) is 5.80. The van der Waals surface area contributed by atoms with Gasteiger partial charge in [-0.15, -0.1) is 0 Å². The van der Waals surface area contributed by atoms with Gasteiger partial charge in [0.25, 0.3) is 0 Å². The highest BCUT2D eigenvalue weighted by Gasteiger charge is 2.24. The Hall–Kier alpha value is -2.70. The van der Waals surface area contributed by atoms with Gasteiger partial charge in [-0.05, 0) is 38.0 Å². The third-order valence-electron chi connectivity index (χ3n) is 4.20. The van der Waals surface area contributed by atoms with Crippen molar-refractivity contribution in [3.05, 3.63) is 30.5 Å². The maximum atomic E-state index is 12.2. The third-order valence-corrected chi connectivity index (χ3v) is 4.20. The van der Waals surface area contributed by atoms with Crippen molar-refractivity contribution in [2.45, 2.75) is 25.8 Å². The number of aromatic amines is 1. The molecule has 0 unspecified atom stereocenters. The maximum Gasteiger partial charge on any atom is 0.409 e. The molecule has 0 aliphatic carbocycles. The van der Waals surface area contributed by atoms with Gasteiger partial charge >= 0.3 is 12.1 Å². The Balaban J connectivity index is 1.51. The Kier molecular flexibility index (Phi) is 4.88. The van der Waals surface area contributed by atoms with Crippen LogP contribution in [0.15, 0.2) is 30.5 Å². The zero-order valence-electron chi connectivity index (χ0n) is 13.7. The number of piperidine rings is 1. The number of nitrogens with one attached hydrogen (secondary N) is 3. The number of aromatic nitrogens is 1. The Morgan fingerprint density at radius 2 is 2.08 bits per heavy atom. The Morgan fingerprint density at radius 1 is 1.29 bits per heavy atom. The molecule has 0 spiro atoms. The first-order chi connectivity index (χ1) is 11.7. The maximum absolute atomic E-state index is 12.2. The van der Waals surface area contributed by atoms with Gasteiger partial charge in [-0.3, -0.25) is 0 Å². The van der Waals surface area contributed by atoms with Gasteiger partial charge in [0.1, 0.15) is 0 Å². The summed E-state index contributed by atoms with van der Waals surface area (Å²) in [5.41, 5.74) is 1.76. The zero-order valence-corrected chi connectivity index (χ0v) is 13.7. The highest BCUT2D eigenvalue weighted by Crippen LogP contribution is 2.22. The molecule has 1 saturated heterocycles. The largest absolute Gasteiger partial charge is 0.450 e. The van der Waals surface area contributed by atoms with Gasteiger partial charge in [0.05, 0.1) is 12.3 Å². The summed E-state index contributed by atoms with van der Waals surface area (Å²) in [6.07, 6.45) is 3.01. The lowest BCUT2D eigenvalue weighted by molar-refractivity contribution is 0.0959. The van der Waals surface area contributed by atoms with E-state index in [1.807, 2.05) is 30.5 Å². The van der Waals surface area contributed by atoms with Crippen LogP contribution in [0.1, 0.15) is 19.8 Å². The van der Waals surface area contributed by atoms with E-state index in [2.05, 4.69) is 15.6 Å². The molecule has 0 bridgehead atoms. The summed E-state index contributed by atoms with van der Waals surface area (Å²) in [7, 11) is 0. The first-order valence-corrected chi connectivity index (χ1v) is 8.22. The molecule has 7 nitrogen and oxygen atoms in total. The van der Waals surface area contributed by atoms with E-state index in [-0.39, 0.29) is 18.2 Å². The number of rotatable bonds is 3. The predicted octanol–water partition coefficient (Wildman–Crippen LogP) is 2.91. The number of carbonyl (C=O) groups is 2. The molecule has 1 fully saturated rings. The molecule has 1 aromatic heterocycles. The molecule has 1 aliphatic heterocycles. The van der Waals surface area contributed by atoms with Gasteiger partial charge < -0.3 is 25.3 Å². The molecular weight excluding hydrogens is 308 g/mol. The van der Waals surface area contributed by atoms with Crippen LogP contribution in [-0.2, 0) is 4.74 Å². The molecule has 2 aromatic rings. The summed E-state index contributed by atoms with van der Waals surface area (Å²) in [6.45, 7) is 3.36. The van der Waals surface area contributed by atoms with E-state index >= 15 is 0 Å². The summed E-state index contributed by atoms with van der Waals surface area (Å²) < 4.78 is 4.99. The van der Waals surface area contributed by atoms with Gasteiger partial charge in [0.15, 0.2) is 0 Å². The number of hydrogen-bond donors (Lipinski definition) is 3. The number of fused-ring (bicyclic) bond motifs is 1. The van der Waals surface area contributed by atoms with E-state index in [9.17, 15) is 9.59 Å². The number of benzene rings is 1. The van der Waals surface area contributed by atoms with Crippen molar-refractivity contribution in [3.63, 3.8) is 0 Å². The van der Waals surface area contributed by atoms with E-state index < -0.39 is 0 Å². The van der Waals surface area contributed by atoms with Crippen LogP contribution in [0.2, 0.25) is 0 Å². The molecule has 1 aliphatic rings. The molecule has 3 amide bonds. The van der Waals surface area contributed by atoms with Crippen molar-refractivity contribution in [1.82, 2.24) is 15.2 Å². The van der Waals surface area contributed by atoms with Gasteiger partial charge in [-0.25, -0.2) is 9.59 Å². The monoisotopic (exact) mass is 330 g/mol. The highest BCUT2D eigenvalue weighted by molar-refractivity contribution is 6.00. The highest BCUT2D eigenvalue weighted by atomic mass is 16.6. The fraction of sp³-hybridized carbons (Fsp3) is 0.412. The van der Waals surface area contributed by atoms with Gasteiger partial charge in [-0.1, -0.05) is 6.07 Å². The molecular formula is C17H22N4O3. The number of carbonyl (C=O) groups excluding carboxylic acids is 2. The average molecular weight is 330 g/mol. The van der Waals surface area contributed by atoms with Crippen LogP contribution in [0.3, 0.4) is 0 Å². The fourth-order valence-corrected chi connectivity index (χ4v) is 2.96. The third kappa shape index (κ3) is 3.61. The first kappa shape index (κ1) is 16.2. The SMILES string of the molecule is CCOC(=O)N1CCC(NC(=O)Nc2cccc3[nH]ccc23)CC1. The van der Waals surface area contributed by atoms with Crippen molar-refractivity contribution >= 4 is 28.7 Å². The van der Waals surface area contributed by atoms with Crippen LogP contribution < -0.4 is 10.6 Å². The minimum atomic E-state index is -0.278. The van der Waals surface area contributed by atoms with Crippen molar-refractivity contribution in [1.29, 1.82) is 0 Å². The normalized spacial score (nSPS) is 15.3. The number of nitrogens with zero attached hydrogens (tertiary/aromatic N) is 1. The lowest BCUT2D eigenvalue weighted by atomic mass is 10.1. The van der Waals surface area contributed by atoms with Crippen LogP contribution in [0.25, 0.3) is 10.9 Å². The van der Waals surface area contributed by atoms with E-state index in [0.29, 0.717) is 19.7 Å². The number of hydrogen-bond acceptors (Lipinski definition) is 3. The van der Waals surface area contributed by atoms with Crippen LogP contribution in [0, 0.1) is 0 Å². The van der Waals surface area contributed by atoms with Gasteiger partial charge in [0.2, 0.25) is 0 Å². The molecule has 7 heteroatoms. The summed E-state index contributed by atoms with van der Waals surface area (Å²) in [4.78, 5) is 28.7. The van der Waals surface area contributed by atoms with E-state index in [0.717, 1.165) is 29.4 Å². The molecule has 0 radical (unpaired) electrons. The van der Waals surface area contributed by atoms with Gasteiger partial charge in [-0.2, -0.15) is 0 Å². The lowest BCUT2D eigenvalue weighted by Crippen LogP contribution is -2.47. The van der Waals surface area contributed by atoms with Crippen LogP contribution in [0.5, 0.6) is 0 Å². The molecule has 3 N–H and O–H groups in total. The Labute approximate surface area is 140 Å². The molecule has 1 aromatic carbocycles. The van der Waals surface area contributed by atoms with Gasteiger partial charge in [0, 0.05) is 36.2 Å². The average Bonchev–Trinajstić information content (AvgIpc) is 3.05. The van der Waals surface area contributed by atoms with Crippen LogP contribution in [-0.4, -0.2) is 47.7 Å². The number of anilines is 1. The first-order valence-electron chi connectivity index (χ1n) is 8.22. The minimum Gasteiger partial charge on any atom is -0.450 e. The second-order valence-corrected chi connectivity index (χ2v) is 5.80. The second kappa shape index (κ2) is 7.25. The van der Waals surface area contributed by atoms with E-state index in [1.165, 1.54) is 0 Å². The number of ether oxygens (including phenoxy) is 1. The predicted molar refractivity (Wildman–Crippen MR) is 92.1 cm³/mol. The summed E-state index contributed by atoms with van der Waals surface area (Å²) >= 11 is 0. The number of amides is 3. The van der Waals surface area contributed by atoms with E-state index in [1.54, 1.807) is 11.8 Å². The topological polar surface area (TPSA) is 86.5 Å². The summed E-state index contributed by atoms with van der Waals surface area (Å²) in [6, 6.07) is 7.50. The number of H-pyrrole nitrogens is 1. The zero-order chi connectivity index (χ0) is 16.9. The number of urea groups is 1. The standard InChI is InChI=1S/C17H22N4O3/c1-2-24-17(23)21-10-7-12(8-11-21)19-16(22)20-15-5-3-4-14-13(15)6-9-18-14/h3-6,9,12,18H,2,7-8,10-11H2,1H3,(H2,19,20,22). The molecule has 24 heavy (non-hydrogen) atoms. The van der Waals surface area contributed by atoms with Crippen molar-refractivity contribution < 1.29 is 14.3 Å². The lowest BCUT2D eigenvalue weighted by Gasteiger charge is -2.31. The van der Waals surface area contributed by atoms with E-state index in [4.69, 9.17) is 4.74 Å². The molecule has 0 atom stereocenters. The molecule has 0 saturated carbocycles. The van der Waals surface area contributed by atoms with Crippen molar-refractivity contribution in [2.75, 3.05) is 25.0 Å². The summed E-state index contributed by atoms with van der Waals surface area (Å²) in [5, 5.41) is 6.85. The quantitative estimate of drug-likeness (QED) is 0.809. The van der Waals surface area contributed by atoms with Crippen molar-refractivity contribution in [3.8, 4) is 0 Å². The van der Waals surface area contributed by atoms with Crippen LogP contribution in [0.4, 0.5) is 15.3 Å². The Morgan fingerprint density at radius 3 is 2.83 bits per heavy atom. The molecule has 2 heterocycles. The smallest absolute Gasteiger partial charge is 0.409 e.